The van der Waals surface area contributed by atoms with Gasteiger partial charge in [0, 0.05) is 96.4 Å². The van der Waals surface area contributed by atoms with Crippen LogP contribution in [0.25, 0.3) is 10.9 Å². The van der Waals surface area contributed by atoms with E-state index in [1.807, 2.05) is 31.2 Å². The maximum atomic E-state index is 14.2. The summed E-state index contributed by atoms with van der Waals surface area (Å²) >= 11 is 0. The van der Waals surface area contributed by atoms with Gasteiger partial charge in [0.05, 0.1) is 68.9 Å². The molecule has 6 amide bonds. The van der Waals surface area contributed by atoms with E-state index in [2.05, 4.69) is 31.2 Å². The minimum Gasteiger partial charge on any atom is -0.494 e. The Balaban J connectivity index is 1.01. The fourth-order valence-corrected chi connectivity index (χ4v) is 11.3. The molecule has 3 aliphatic heterocycles. The number of rotatable bonds is 29. The number of fused-ring (bicyclic) bond motifs is 1. The van der Waals surface area contributed by atoms with E-state index in [-0.39, 0.29) is 108 Å². The first-order valence-electron chi connectivity index (χ1n) is 31.1. The Morgan fingerprint density at radius 1 is 0.769 bits per heavy atom. The number of likely N-dealkylation sites (tertiary alicyclic amines) is 2. The van der Waals surface area contributed by atoms with Crippen molar-refractivity contribution in [3.05, 3.63) is 71.4 Å². The summed E-state index contributed by atoms with van der Waals surface area (Å²) in [5.74, 6) is -8.26. The lowest BCUT2D eigenvalue weighted by Gasteiger charge is -2.34. The van der Waals surface area contributed by atoms with Crippen LogP contribution < -0.4 is 26.0 Å². The average Bonchev–Trinajstić information content (AvgIpc) is 1.85. The summed E-state index contributed by atoms with van der Waals surface area (Å²) in [5.41, 5.74) is 2.98. The zero-order valence-electron chi connectivity index (χ0n) is 52.2. The van der Waals surface area contributed by atoms with Crippen LogP contribution in [-0.2, 0) is 44.8 Å². The van der Waals surface area contributed by atoms with E-state index < -0.39 is 85.1 Å². The SMILES string of the molecule is C/C(=N\CCCC[C@H](NC(=O)CN1CCN(CC(=O)O)CCN(CC(=O)O)CCN(CC(=O)O)CC1)C(=O)N[C@@H](C)C(=O)N1CCC(CCCOc2ccc3nccc(C(=O)NCC(=O)N4CC(F)(F)C[C@@H]4C#N)c3c2)CC1)NC(=O)CCCc1ccc(C)cc1. The molecule has 3 aliphatic rings. The monoisotopic (exact) mass is 1270 g/mol. The number of nitrogens with one attached hydrogen (secondary N) is 4. The molecule has 6 rings (SSSR count). The van der Waals surface area contributed by atoms with Gasteiger partial charge >= 0.3 is 17.9 Å². The number of carbonyl (C=O) groups is 9. The molecular weight excluding hydrogens is 1180 g/mol. The van der Waals surface area contributed by atoms with Crippen LogP contribution in [0.5, 0.6) is 5.75 Å². The molecule has 91 heavy (non-hydrogen) atoms. The fourth-order valence-electron chi connectivity index (χ4n) is 11.3. The molecule has 26 nitrogen and oxygen atoms in total. The average molecular weight is 1270 g/mol. The molecule has 3 aromatic rings. The van der Waals surface area contributed by atoms with Crippen LogP contribution in [-0.4, -0.2) is 251 Å². The van der Waals surface area contributed by atoms with Gasteiger partial charge in [-0.25, -0.2) is 8.78 Å². The summed E-state index contributed by atoms with van der Waals surface area (Å²) in [6, 6.07) is 13.1. The second-order valence-electron chi connectivity index (χ2n) is 23.7. The van der Waals surface area contributed by atoms with E-state index in [0.717, 1.165) is 28.9 Å². The first-order valence-corrected chi connectivity index (χ1v) is 31.1. The van der Waals surface area contributed by atoms with Gasteiger partial charge in [-0.3, -0.25) is 72.7 Å². The normalized spacial score (nSPS) is 18.2. The maximum absolute atomic E-state index is 14.2. The number of carbonyl (C=O) groups excluding carboxylic acids is 6. The lowest BCUT2D eigenvalue weighted by molar-refractivity contribution is -0.140. The lowest BCUT2D eigenvalue weighted by Crippen LogP contribution is -2.55. The molecule has 28 heteroatoms. The zero-order chi connectivity index (χ0) is 66.0. The van der Waals surface area contributed by atoms with Gasteiger partial charge in [-0.2, -0.15) is 5.26 Å². The van der Waals surface area contributed by atoms with Gasteiger partial charge in [0.15, 0.2) is 0 Å². The van der Waals surface area contributed by atoms with Crippen LogP contribution in [0.4, 0.5) is 8.78 Å². The standard InChI is InChI=1S/C63H87F2N13O13/c1-43-12-14-46(15-13-43)8-6-11-54(79)71-45(3)67-21-5-4-10-53(72-55(80)38-73-25-27-74(39-57(82)83)29-31-76(41-59(86)87)32-30-75(28-26-73)40-58(84)85)61(89)70-44(2)62(90)77-23-19-47(20-24-77)9-7-33-91-49-16-17-52-51(34-49)50(18-22-68-52)60(88)69-37-56(81)78-42-63(64,65)35-48(78)36-66/h12-18,22,34,44,47-48,53H,4-11,19-21,23-33,35,37-42H2,1-3H3,(H,69,88)(H,70,89)(H,72,80)(H,82,83)(H,84,85)(H,86,87)(H,67,71,79)/t44-,48+,53-/m0/s1. The van der Waals surface area contributed by atoms with Gasteiger partial charge in [0.2, 0.25) is 29.5 Å². The number of unbranched alkanes of at least 4 members (excludes halogenated alkanes) is 1. The molecule has 0 spiro atoms. The van der Waals surface area contributed by atoms with Crippen LogP contribution in [0.1, 0.15) is 99.5 Å². The number of benzene rings is 2. The summed E-state index contributed by atoms with van der Waals surface area (Å²) in [5, 5.41) is 49.7. The van der Waals surface area contributed by atoms with Crippen LogP contribution in [0, 0.1) is 24.2 Å². The number of nitrogens with zero attached hydrogens (tertiary/aromatic N) is 9. The number of carboxylic acid groups (broad SMARTS) is 3. The molecule has 3 saturated heterocycles. The van der Waals surface area contributed by atoms with Gasteiger partial charge in [-0.15, -0.1) is 0 Å². The van der Waals surface area contributed by atoms with Crippen molar-refractivity contribution in [2.24, 2.45) is 10.9 Å². The second kappa shape index (κ2) is 36.0. The summed E-state index contributed by atoms with van der Waals surface area (Å²) < 4.78 is 34.0. The van der Waals surface area contributed by atoms with Crippen LogP contribution in [0.3, 0.4) is 0 Å². The topological polar surface area (TPSA) is 340 Å². The number of aryl methyl sites for hydroxylation is 2. The third-order valence-electron chi connectivity index (χ3n) is 16.4. The van der Waals surface area contributed by atoms with Crippen LogP contribution >= 0.6 is 0 Å². The Bertz CT molecular complexity index is 3040. The Hall–Kier alpha value is -8.26. The quantitative estimate of drug-likeness (QED) is 0.0298. The number of alkyl halides is 2. The predicted octanol–water partition coefficient (Wildman–Crippen LogP) is 2.62. The van der Waals surface area contributed by atoms with Crippen LogP contribution in [0.2, 0.25) is 0 Å². The van der Waals surface area contributed by atoms with Gasteiger partial charge in [0.1, 0.15) is 23.9 Å². The lowest BCUT2D eigenvalue weighted by atomic mass is 9.92. The molecule has 496 valence electrons. The molecular formula is C63H87F2N13O13. The van der Waals surface area contributed by atoms with Gasteiger partial charge in [-0.1, -0.05) is 29.8 Å². The Morgan fingerprint density at radius 2 is 1.37 bits per heavy atom. The third kappa shape index (κ3) is 24.8. The number of aliphatic imine (C=N–C) groups is 1. The zero-order valence-corrected chi connectivity index (χ0v) is 52.2. The first-order chi connectivity index (χ1) is 43.4. The summed E-state index contributed by atoms with van der Waals surface area (Å²) in [6.45, 7) is 5.64. The summed E-state index contributed by atoms with van der Waals surface area (Å²) in [4.78, 5) is 134. The van der Waals surface area contributed by atoms with Crippen LogP contribution in [0.15, 0.2) is 59.7 Å². The van der Waals surface area contributed by atoms with Gasteiger partial charge < -0.3 is 51.1 Å². The second-order valence-corrected chi connectivity index (χ2v) is 23.7. The van der Waals surface area contributed by atoms with E-state index in [4.69, 9.17) is 4.74 Å². The number of amides is 6. The van der Waals surface area contributed by atoms with Crippen molar-refractivity contribution in [3.8, 4) is 11.8 Å². The van der Waals surface area contributed by atoms with E-state index in [0.29, 0.717) is 93.7 Å². The highest BCUT2D eigenvalue weighted by atomic mass is 19.3. The number of aromatic nitrogens is 1. The number of ether oxygens (including phenoxy) is 1. The van der Waals surface area contributed by atoms with E-state index in [9.17, 15) is 72.5 Å². The van der Waals surface area contributed by atoms with Crippen molar-refractivity contribution in [3.63, 3.8) is 0 Å². The molecule has 7 N–H and O–H groups in total. The fraction of sp³-hybridized carbons (Fsp3) is 0.587. The molecule has 3 fully saturated rings. The molecule has 4 heterocycles. The van der Waals surface area contributed by atoms with Crippen molar-refractivity contribution in [1.82, 2.24) is 55.7 Å². The minimum atomic E-state index is -3.19. The van der Waals surface area contributed by atoms with Crippen molar-refractivity contribution < 1.29 is 72.0 Å². The van der Waals surface area contributed by atoms with Gasteiger partial charge in [-0.05, 0) is 114 Å². The molecule has 0 aliphatic carbocycles. The number of aliphatic carboxylic acids is 3. The molecule has 3 atom stereocenters. The Kier molecular flexibility index (Phi) is 28.4. The number of halogens is 2. The third-order valence-corrected chi connectivity index (χ3v) is 16.4. The van der Waals surface area contributed by atoms with Crippen molar-refractivity contribution in [1.29, 1.82) is 5.26 Å². The highest BCUT2D eigenvalue weighted by Crippen LogP contribution is 2.32. The first kappa shape index (κ1) is 71.8. The number of carboxylic acids is 3. The molecule has 0 bridgehead atoms. The number of hydrogen-bond donors (Lipinski definition) is 7. The van der Waals surface area contributed by atoms with E-state index in [1.165, 1.54) is 12.3 Å². The summed E-state index contributed by atoms with van der Waals surface area (Å²) in [6.07, 6.45) is 6.36. The predicted molar refractivity (Wildman–Crippen MR) is 331 cm³/mol. The number of hydrogen-bond acceptors (Lipinski definition) is 17. The highest BCUT2D eigenvalue weighted by molar-refractivity contribution is 6.07. The minimum absolute atomic E-state index is 0.153. The van der Waals surface area contributed by atoms with Crippen molar-refractivity contribution in [2.45, 2.75) is 115 Å². The Morgan fingerprint density at radius 3 is 1.97 bits per heavy atom. The highest BCUT2D eigenvalue weighted by Gasteiger charge is 2.47. The molecule has 0 radical (unpaired) electrons. The number of amidine groups is 1. The maximum Gasteiger partial charge on any atom is 0.317 e. The van der Waals surface area contributed by atoms with Crippen molar-refractivity contribution >= 4 is 70.1 Å². The molecule has 2 aromatic carbocycles. The largest absolute Gasteiger partial charge is 0.494 e. The van der Waals surface area contributed by atoms with E-state index >= 15 is 0 Å². The van der Waals surface area contributed by atoms with Gasteiger partial charge in [0.25, 0.3) is 11.8 Å². The number of piperidine rings is 1. The Labute approximate surface area is 528 Å². The number of pyridine rings is 1. The summed E-state index contributed by atoms with van der Waals surface area (Å²) in [7, 11) is 0. The molecule has 0 unspecified atom stereocenters. The number of nitriles is 1. The molecule has 0 saturated carbocycles. The smallest absolute Gasteiger partial charge is 0.317 e. The van der Waals surface area contributed by atoms with E-state index in [1.54, 1.807) is 62.6 Å². The molecule has 1 aromatic heterocycles. The van der Waals surface area contributed by atoms with Crippen molar-refractivity contribution in [2.75, 3.05) is 118 Å².